The standard InChI is InChI=1S/C9H17N3O2/c1-6(2)5-7(10)9-11-8(3-4-13)12-14-9/h6-7,13H,3-5,10H2,1-2H3/t7-/m0/s1. The Hall–Kier alpha value is -0.940. The summed E-state index contributed by atoms with van der Waals surface area (Å²) in [5.41, 5.74) is 5.85. The van der Waals surface area contributed by atoms with E-state index in [1.165, 1.54) is 0 Å². The van der Waals surface area contributed by atoms with Crippen LogP contribution < -0.4 is 5.73 Å². The molecule has 0 aromatic carbocycles. The Balaban J connectivity index is 2.57. The van der Waals surface area contributed by atoms with E-state index < -0.39 is 0 Å². The number of rotatable bonds is 5. The fraction of sp³-hybridized carbons (Fsp3) is 0.778. The maximum absolute atomic E-state index is 8.66. The number of hydrogen-bond donors (Lipinski definition) is 2. The van der Waals surface area contributed by atoms with Gasteiger partial charge in [0.15, 0.2) is 5.82 Å². The largest absolute Gasteiger partial charge is 0.396 e. The van der Waals surface area contributed by atoms with Crippen molar-refractivity contribution in [1.82, 2.24) is 10.1 Å². The van der Waals surface area contributed by atoms with Gasteiger partial charge in [0, 0.05) is 6.42 Å². The van der Waals surface area contributed by atoms with Crippen molar-refractivity contribution < 1.29 is 9.63 Å². The Morgan fingerprint density at radius 3 is 2.79 bits per heavy atom. The molecule has 0 fully saturated rings. The number of hydrogen-bond acceptors (Lipinski definition) is 5. The predicted molar refractivity (Wildman–Crippen MR) is 51.5 cm³/mol. The molecule has 1 aromatic heterocycles. The van der Waals surface area contributed by atoms with Crippen molar-refractivity contribution >= 4 is 0 Å². The van der Waals surface area contributed by atoms with Crippen molar-refractivity contribution in [3.05, 3.63) is 11.7 Å². The van der Waals surface area contributed by atoms with E-state index >= 15 is 0 Å². The van der Waals surface area contributed by atoms with Gasteiger partial charge in [0.05, 0.1) is 12.6 Å². The SMILES string of the molecule is CC(C)C[C@H](N)c1nc(CCO)no1. The number of nitrogens with zero attached hydrogens (tertiary/aromatic N) is 2. The molecule has 5 nitrogen and oxygen atoms in total. The highest BCUT2D eigenvalue weighted by Gasteiger charge is 2.15. The van der Waals surface area contributed by atoms with E-state index in [0.717, 1.165) is 6.42 Å². The number of aliphatic hydroxyl groups excluding tert-OH is 1. The smallest absolute Gasteiger partial charge is 0.243 e. The van der Waals surface area contributed by atoms with Gasteiger partial charge < -0.3 is 15.4 Å². The maximum Gasteiger partial charge on any atom is 0.243 e. The molecule has 80 valence electrons. The Morgan fingerprint density at radius 2 is 2.21 bits per heavy atom. The van der Waals surface area contributed by atoms with Crippen LogP contribution in [0.4, 0.5) is 0 Å². The van der Waals surface area contributed by atoms with Gasteiger partial charge >= 0.3 is 0 Å². The van der Waals surface area contributed by atoms with E-state index in [4.69, 9.17) is 15.4 Å². The summed E-state index contributed by atoms with van der Waals surface area (Å²) in [7, 11) is 0. The zero-order valence-corrected chi connectivity index (χ0v) is 8.60. The maximum atomic E-state index is 8.66. The zero-order chi connectivity index (χ0) is 10.6. The van der Waals surface area contributed by atoms with Crippen LogP contribution in [-0.2, 0) is 6.42 Å². The lowest BCUT2D eigenvalue weighted by atomic mass is 10.0. The zero-order valence-electron chi connectivity index (χ0n) is 8.60. The second-order valence-corrected chi connectivity index (χ2v) is 3.76. The highest BCUT2D eigenvalue weighted by molar-refractivity contribution is 4.92. The van der Waals surface area contributed by atoms with Gasteiger partial charge in [-0.2, -0.15) is 4.98 Å². The van der Waals surface area contributed by atoms with Crippen LogP contribution in [-0.4, -0.2) is 21.9 Å². The van der Waals surface area contributed by atoms with Crippen LogP contribution >= 0.6 is 0 Å². The fourth-order valence-electron chi connectivity index (χ4n) is 1.23. The first-order valence-corrected chi connectivity index (χ1v) is 4.82. The van der Waals surface area contributed by atoms with Crippen molar-refractivity contribution in [2.24, 2.45) is 11.7 Å². The molecule has 5 heteroatoms. The number of aromatic nitrogens is 2. The third kappa shape index (κ3) is 3.08. The van der Waals surface area contributed by atoms with Crippen molar-refractivity contribution in [3.63, 3.8) is 0 Å². The van der Waals surface area contributed by atoms with Crippen LogP contribution in [0.25, 0.3) is 0 Å². The van der Waals surface area contributed by atoms with E-state index in [9.17, 15) is 0 Å². The summed E-state index contributed by atoms with van der Waals surface area (Å²) in [6.07, 6.45) is 1.23. The minimum Gasteiger partial charge on any atom is -0.396 e. The van der Waals surface area contributed by atoms with Gasteiger partial charge in [-0.1, -0.05) is 19.0 Å². The monoisotopic (exact) mass is 199 g/mol. The van der Waals surface area contributed by atoms with Crippen molar-refractivity contribution in [2.45, 2.75) is 32.7 Å². The molecule has 0 radical (unpaired) electrons. The van der Waals surface area contributed by atoms with E-state index in [2.05, 4.69) is 24.0 Å². The van der Waals surface area contributed by atoms with Gasteiger partial charge in [-0.25, -0.2) is 0 Å². The summed E-state index contributed by atoms with van der Waals surface area (Å²) in [5, 5.41) is 12.4. The molecule has 1 atom stereocenters. The Morgan fingerprint density at radius 1 is 1.50 bits per heavy atom. The van der Waals surface area contributed by atoms with Gasteiger partial charge in [0.25, 0.3) is 0 Å². The lowest BCUT2D eigenvalue weighted by Gasteiger charge is -2.08. The van der Waals surface area contributed by atoms with Crippen molar-refractivity contribution in [1.29, 1.82) is 0 Å². The molecule has 3 N–H and O–H groups in total. The van der Waals surface area contributed by atoms with Gasteiger partial charge in [0.2, 0.25) is 5.89 Å². The molecule has 1 heterocycles. The van der Waals surface area contributed by atoms with Crippen LogP contribution in [0.5, 0.6) is 0 Å². The first kappa shape index (κ1) is 11.1. The highest BCUT2D eigenvalue weighted by Crippen LogP contribution is 2.16. The molecule has 0 aliphatic carbocycles. The lowest BCUT2D eigenvalue weighted by molar-refractivity contribution is 0.291. The second kappa shape index (κ2) is 5.07. The molecule has 0 aliphatic rings. The summed E-state index contributed by atoms with van der Waals surface area (Å²) in [5.74, 6) is 1.47. The van der Waals surface area contributed by atoms with Crippen molar-refractivity contribution in [3.8, 4) is 0 Å². The highest BCUT2D eigenvalue weighted by atomic mass is 16.5. The molecule has 0 aliphatic heterocycles. The van der Waals surface area contributed by atoms with Gasteiger partial charge in [0.1, 0.15) is 0 Å². The molecule has 1 rings (SSSR count). The lowest BCUT2D eigenvalue weighted by Crippen LogP contribution is -2.13. The summed E-state index contributed by atoms with van der Waals surface area (Å²) in [6.45, 7) is 4.20. The molecule has 0 spiro atoms. The third-order valence-electron chi connectivity index (χ3n) is 1.86. The first-order chi connectivity index (χ1) is 6.63. The molecule has 0 saturated heterocycles. The second-order valence-electron chi connectivity index (χ2n) is 3.76. The van der Waals surface area contributed by atoms with E-state index in [1.54, 1.807) is 0 Å². The summed E-state index contributed by atoms with van der Waals surface area (Å²) < 4.78 is 4.98. The Kier molecular flexibility index (Phi) is 4.03. The summed E-state index contributed by atoms with van der Waals surface area (Å²) >= 11 is 0. The average Bonchev–Trinajstić information content (AvgIpc) is 2.52. The molecule has 0 unspecified atom stereocenters. The Bertz CT molecular complexity index is 273. The number of nitrogens with two attached hydrogens (primary N) is 1. The molecular formula is C9H17N3O2. The molecular weight excluding hydrogens is 182 g/mol. The van der Waals surface area contributed by atoms with Crippen molar-refractivity contribution in [2.75, 3.05) is 6.61 Å². The molecule has 14 heavy (non-hydrogen) atoms. The molecule has 0 bridgehead atoms. The molecule has 1 aromatic rings. The topological polar surface area (TPSA) is 85.2 Å². The number of aliphatic hydroxyl groups is 1. The minimum atomic E-state index is -0.199. The van der Waals surface area contributed by atoms with Gasteiger partial charge in [-0.15, -0.1) is 0 Å². The van der Waals surface area contributed by atoms with Crippen LogP contribution in [0.1, 0.15) is 38.0 Å². The first-order valence-electron chi connectivity index (χ1n) is 4.82. The normalized spacial score (nSPS) is 13.5. The van der Waals surface area contributed by atoms with E-state index in [-0.39, 0.29) is 12.6 Å². The molecule has 0 saturated carbocycles. The Labute approximate surface area is 83.3 Å². The van der Waals surface area contributed by atoms with Gasteiger partial charge in [-0.3, -0.25) is 0 Å². The summed E-state index contributed by atoms with van der Waals surface area (Å²) in [4.78, 5) is 4.09. The van der Waals surface area contributed by atoms with Crippen LogP contribution in [0.15, 0.2) is 4.52 Å². The van der Waals surface area contributed by atoms with Crippen LogP contribution in [0, 0.1) is 5.92 Å². The van der Waals surface area contributed by atoms with Crippen LogP contribution in [0.2, 0.25) is 0 Å². The third-order valence-corrected chi connectivity index (χ3v) is 1.86. The van der Waals surface area contributed by atoms with Gasteiger partial charge in [-0.05, 0) is 12.3 Å². The quantitative estimate of drug-likeness (QED) is 0.727. The van der Waals surface area contributed by atoms with E-state index in [1.807, 2.05) is 0 Å². The molecule has 0 amide bonds. The average molecular weight is 199 g/mol. The fourth-order valence-corrected chi connectivity index (χ4v) is 1.23. The summed E-state index contributed by atoms with van der Waals surface area (Å²) in [6, 6.07) is -0.199. The predicted octanol–water partition coefficient (Wildman–Crippen LogP) is 0.650. The minimum absolute atomic E-state index is 0.0262. The van der Waals surface area contributed by atoms with Crippen LogP contribution in [0.3, 0.4) is 0 Å². The van der Waals surface area contributed by atoms with E-state index in [0.29, 0.717) is 24.1 Å².